The van der Waals surface area contributed by atoms with Crippen LogP contribution in [-0.2, 0) is 11.3 Å². The number of thiophene rings is 1. The van der Waals surface area contributed by atoms with Crippen molar-refractivity contribution in [3.63, 3.8) is 0 Å². The van der Waals surface area contributed by atoms with E-state index < -0.39 is 5.97 Å². The molecule has 1 aromatic heterocycles. The number of rotatable bonds is 5. The zero-order valence-electron chi connectivity index (χ0n) is 16.0. The fourth-order valence-electron chi connectivity index (χ4n) is 3.63. The normalized spacial score (nSPS) is 11.1. The van der Waals surface area contributed by atoms with Crippen LogP contribution in [0.2, 0.25) is 5.02 Å². The molecule has 29 heavy (non-hydrogen) atoms. The molecule has 5 heteroatoms. The minimum absolute atomic E-state index is 0.340. The van der Waals surface area contributed by atoms with Crippen LogP contribution in [0.3, 0.4) is 0 Å². The molecule has 0 bridgehead atoms. The molecule has 0 aliphatic heterocycles. The first-order valence-corrected chi connectivity index (χ1v) is 10.3. The van der Waals surface area contributed by atoms with E-state index in [1.807, 2.05) is 49.4 Å². The highest BCUT2D eigenvalue weighted by atomic mass is 35.5. The summed E-state index contributed by atoms with van der Waals surface area (Å²) in [7, 11) is 1.68. The summed E-state index contributed by atoms with van der Waals surface area (Å²) in [5.41, 5.74) is 5.42. The predicted molar refractivity (Wildman–Crippen MR) is 120 cm³/mol. The van der Waals surface area contributed by atoms with Crippen molar-refractivity contribution >= 4 is 39.0 Å². The van der Waals surface area contributed by atoms with E-state index in [0.29, 0.717) is 17.2 Å². The highest BCUT2D eigenvalue weighted by Crippen LogP contribution is 2.42. The molecule has 146 valence electrons. The van der Waals surface area contributed by atoms with Gasteiger partial charge >= 0.3 is 5.97 Å². The summed E-state index contributed by atoms with van der Waals surface area (Å²) < 4.78 is 6.27. The molecule has 0 unspecified atom stereocenters. The van der Waals surface area contributed by atoms with Gasteiger partial charge in [0.25, 0.3) is 0 Å². The number of hydrogen-bond donors (Lipinski definition) is 1. The van der Waals surface area contributed by atoms with Crippen LogP contribution >= 0.6 is 22.9 Å². The molecule has 0 saturated heterocycles. The van der Waals surface area contributed by atoms with E-state index in [-0.39, 0.29) is 0 Å². The summed E-state index contributed by atoms with van der Waals surface area (Å²) in [6.45, 7) is 2.47. The average molecular weight is 423 g/mol. The van der Waals surface area contributed by atoms with Crippen molar-refractivity contribution in [3.05, 3.63) is 82.4 Å². The lowest BCUT2D eigenvalue weighted by molar-refractivity contribution is 0.0700. The van der Waals surface area contributed by atoms with Gasteiger partial charge < -0.3 is 9.84 Å². The lowest BCUT2D eigenvalue weighted by atomic mass is 9.97. The van der Waals surface area contributed by atoms with Gasteiger partial charge in [-0.25, -0.2) is 4.79 Å². The van der Waals surface area contributed by atoms with Crippen LogP contribution in [0.4, 0.5) is 0 Å². The molecule has 0 radical (unpaired) electrons. The Labute approximate surface area is 178 Å². The van der Waals surface area contributed by atoms with Gasteiger partial charge in [-0.05, 0) is 52.9 Å². The van der Waals surface area contributed by atoms with Crippen molar-refractivity contribution in [2.75, 3.05) is 7.11 Å². The van der Waals surface area contributed by atoms with Crippen LogP contribution in [0, 0.1) is 6.92 Å². The summed E-state index contributed by atoms with van der Waals surface area (Å²) in [5, 5.41) is 11.3. The van der Waals surface area contributed by atoms with Crippen LogP contribution in [0.1, 0.15) is 21.5 Å². The molecular weight excluding hydrogens is 404 g/mol. The maximum Gasteiger partial charge on any atom is 0.337 e. The lowest BCUT2D eigenvalue weighted by Gasteiger charge is -2.09. The molecule has 1 heterocycles. The number of ether oxygens (including phenoxy) is 1. The van der Waals surface area contributed by atoms with E-state index in [0.717, 1.165) is 42.8 Å². The standard InChI is InChI=1S/C24H19ClO3S/c1-14-11-17(25)8-10-18(14)23-22(24(26)27)20-9-7-15(12-21(20)29-23)19-6-4-3-5-16(19)13-28-2/h3-12H,13H2,1-2H3,(H,26,27). The number of hydrogen-bond acceptors (Lipinski definition) is 3. The van der Waals surface area contributed by atoms with Gasteiger partial charge in [0.05, 0.1) is 17.0 Å². The molecule has 0 amide bonds. The minimum atomic E-state index is -0.923. The monoisotopic (exact) mass is 422 g/mol. The predicted octanol–water partition coefficient (Wildman–Crippen LogP) is 7.04. The van der Waals surface area contributed by atoms with Crippen LogP contribution in [0.25, 0.3) is 31.7 Å². The fourth-order valence-corrected chi connectivity index (χ4v) is 5.18. The molecule has 4 rings (SSSR count). The average Bonchev–Trinajstić information content (AvgIpc) is 3.07. The topological polar surface area (TPSA) is 46.5 Å². The van der Waals surface area contributed by atoms with Gasteiger partial charge in [-0.2, -0.15) is 0 Å². The van der Waals surface area contributed by atoms with Gasteiger partial charge in [-0.1, -0.05) is 54.1 Å². The van der Waals surface area contributed by atoms with Crippen molar-refractivity contribution in [1.82, 2.24) is 0 Å². The minimum Gasteiger partial charge on any atom is -0.478 e. The maximum atomic E-state index is 12.1. The highest BCUT2D eigenvalue weighted by Gasteiger charge is 2.21. The van der Waals surface area contributed by atoms with E-state index in [1.54, 1.807) is 13.2 Å². The van der Waals surface area contributed by atoms with Crippen LogP contribution in [0.5, 0.6) is 0 Å². The van der Waals surface area contributed by atoms with Crippen molar-refractivity contribution in [3.8, 4) is 21.6 Å². The Morgan fingerprint density at radius 3 is 2.59 bits per heavy atom. The summed E-state index contributed by atoms with van der Waals surface area (Å²) in [4.78, 5) is 12.9. The Kier molecular flexibility index (Phi) is 5.41. The van der Waals surface area contributed by atoms with Crippen molar-refractivity contribution in [1.29, 1.82) is 0 Å². The Morgan fingerprint density at radius 2 is 1.86 bits per heavy atom. The van der Waals surface area contributed by atoms with Crippen molar-refractivity contribution in [2.24, 2.45) is 0 Å². The molecule has 4 aromatic rings. The number of methoxy groups -OCH3 is 1. The third-order valence-corrected chi connectivity index (χ3v) is 6.39. The smallest absolute Gasteiger partial charge is 0.337 e. The largest absolute Gasteiger partial charge is 0.478 e. The second-order valence-corrected chi connectivity index (χ2v) is 8.36. The van der Waals surface area contributed by atoms with Gasteiger partial charge in [0.2, 0.25) is 0 Å². The molecule has 0 aliphatic rings. The summed E-state index contributed by atoms with van der Waals surface area (Å²) in [6.07, 6.45) is 0. The molecule has 1 N–H and O–H groups in total. The third-order valence-electron chi connectivity index (χ3n) is 4.97. The van der Waals surface area contributed by atoms with Crippen molar-refractivity contribution < 1.29 is 14.6 Å². The summed E-state index contributed by atoms with van der Waals surface area (Å²) in [5.74, 6) is -0.923. The number of benzene rings is 3. The first-order chi connectivity index (χ1) is 14.0. The van der Waals surface area contributed by atoms with E-state index in [1.165, 1.54) is 11.3 Å². The van der Waals surface area contributed by atoms with Gasteiger partial charge in [-0.3, -0.25) is 0 Å². The number of aromatic carboxylic acids is 1. The van der Waals surface area contributed by atoms with E-state index >= 15 is 0 Å². The molecule has 3 aromatic carbocycles. The second kappa shape index (κ2) is 7.99. The Balaban J connectivity index is 1.92. The zero-order valence-corrected chi connectivity index (χ0v) is 17.6. The lowest BCUT2D eigenvalue weighted by Crippen LogP contribution is -1.97. The molecule has 0 aliphatic carbocycles. The molecule has 0 atom stereocenters. The van der Waals surface area contributed by atoms with E-state index in [4.69, 9.17) is 16.3 Å². The van der Waals surface area contributed by atoms with Gasteiger partial charge in [0, 0.05) is 22.2 Å². The number of carboxylic acid groups (broad SMARTS) is 1. The number of carboxylic acids is 1. The number of halogens is 1. The highest BCUT2D eigenvalue weighted by molar-refractivity contribution is 7.22. The van der Waals surface area contributed by atoms with Crippen LogP contribution in [0.15, 0.2) is 60.7 Å². The summed E-state index contributed by atoms with van der Waals surface area (Å²) in [6, 6.07) is 19.6. The van der Waals surface area contributed by atoms with Gasteiger partial charge in [0.1, 0.15) is 0 Å². The third kappa shape index (κ3) is 3.67. The Bertz CT molecular complexity index is 1230. The Morgan fingerprint density at radius 1 is 1.07 bits per heavy atom. The molecule has 0 saturated carbocycles. The first-order valence-electron chi connectivity index (χ1n) is 9.13. The molecule has 0 spiro atoms. The molecule has 3 nitrogen and oxygen atoms in total. The fraction of sp³-hybridized carbons (Fsp3) is 0.125. The number of aryl methyl sites for hydroxylation is 1. The van der Waals surface area contributed by atoms with E-state index in [9.17, 15) is 9.90 Å². The van der Waals surface area contributed by atoms with Gasteiger partial charge in [0.15, 0.2) is 0 Å². The Hall–Kier alpha value is -2.66. The quantitative estimate of drug-likeness (QED) is 0.375. The zero-order chi connectivity index (χ0) is 20.5. The first kappa shape index (κ1) is 19.6. The molecular formula is C24H19ClO3S. The maximum absolute atomic E-state index is 12.1. The summed E-state index contributed by atoms with van der Waals surface area (Å²) >= 11 is 7.59. The molecule has 0 fully saturated rings. The number of carbonyl (C=O) groups is 1. The number of fused-ring (bicyclic) bond motifs is 1. The van der Waals surface area contributed by atoms with Crippen LogP contribution in [-0.4, -0.2) is 18.2 Å². The van der Waals surface area contributed by atoms with Crippen LogP contribution < -0.4 is 0 Å². The van der Waals surface area contributed by atoms with E-state index in [2.05, 4.69) is 12.1 Å². The van der Waals surface area contributed by atoms with Crippen molar-refractivity contribution in [2.45, 2.75) is 13.5 Å². The SMILES string of the molecule is COCc1ccccc1-c1ccc2c(C(=O)O)c(-c3ccc(Cl)cc3C)sc2c1. The second-order valence-electron chi connectivity index (χ2n) is 6.87. The van der Waals surface area contributed by atoms with Gasteiger partial charge in [-0.15, -0.1) is 11.3 Å².